The van der Waals surface area contributed by atoms with E-state index in [1.54, 1.807) is 12.1 Å². The molecule has 0 amide bonds. The Morgan fingerprint density at radius 1 is 1.10 bits per heavy atom. The molecule has 3 aromatic rings. The van der Waals surface area contributed by atoms with E-state index in [2.05, 4.69) is 4.98 Å². The summed E-state index contributed by atoms with van der Waals surface area (Å²) in [5.74, 6) is -1.54. The van der Waals surface area contributed by atoms with Gasteiger partial charge in [0.2, 0.25) is 5.82 Å². The van der Waals surface area contributed by atoms with Crippen LogP contribution in [0, 0.1) is 5.82 Å². The lowest BCUT2D eigenvalue weighted by Crippen LogP contribution is -2.37. The number of hydrogen-bond acceptors (Lipinski definition) is 3. The summed E-state index contributed by atoms with van der Waals surface area (Å²) in [5.41, 5.74) is 1.69. The van der Waals surface area contributed by atoms with Crippen molar-refractivity contribution in [1.82, 2.24) is 19.4 Å². The molecule has 152 valence electrons. The zero-order chi connectivity index (χ0) is 20.6. The van der Waals surface area contributed by atoms with Gasteiger partial charge in [-0.15, -0.1) is 0 Å². The third kappa shape index (κ3) is 4.24. The van der Waals surface area contributed by atoms with Gasteiger partial charge in [0, 0.05) is 44.5 Å². The number of aromatic nitrogens is 3. The molecule has 0 fully saturated rings. The number of aromatic amines is 1. The number of nitrogens with one attached hydrogen (secondary N) is 1. The van der Waals surface area contributed by atoms with Crippen LogP contribution in [0.1, 0.15) is 28.3 Å². The number of rotatable bonds is 4. The largest absolute Gasteiger partial charge is 0.449 e. The lowest BCUT2D eigenvalue weighted by atomic mass is 10.1. The molecule has 2 aromatic heterocycles. The molecule has 0 saturated heterocycles. The smallest absolute Gasteiger partial charge is 0.346 e. The Morgan fingerprint density at radius 2 is 1.86 bits per heavy atom. The van der Waals surface area contributed by atoms with Gasteiger partial charge in [-0.25, -0.2) is 9.37 Å². The molecule has 9 heteroatoms. The van der Waals surface area contributed by atoms with Gasteiger partial charge in [0.25, 0.3) is 5.56 Å². The predicted octanol–water partition coefficient (Wildman–Crippen LogP) is 3.34. The monoisotopic (exact) mass is 406 g/mol. The number of halogens is 4. The summed E-state index contributed by atoms with van der Waals surface area (Å²) in [5, 5.41) is 0. The summed E-state index contributed by atoms with van der Waals surface area (Å²) in [6.45, 7) is 1.85. The summed E-state index contributed by atoms with van der Waals surface area (Å²) in [6.07, 6.45) is -2.48. The fourth-order valence-corrected chi connectivity index (χ4v) is 3.51. The molecule has 0 radical (unpaired) electrons. The summed E-state index contributed by atoms with van der Waals surface area (Å²) < 4.78 is 53.7. The molecule has 29 heavy (non-hydrogen) atoms. The molecule has 1 aliphatic heterocycles. The van der Waals surface area contributed by atoms with Crippen LogP contribution in [-0.4, -0.2) is 26.0 Å². The van der Waals surface area contributed by atoms with E-state index in [9.17, 15) is 22.4 Å². The minimum absolute atomic E-state index is 0.207. The molecule has 1 aliphatic rings. The van der Waals surface area contributed by atoms with Gasteiger partial charge in [0.15, 0.2) is 0 Å². The predicted molar refractivity (Wildman–Crippen MR) is 97.6 cm³/mol. The first kappa shape index (κ1) is 19.4. The molecule has 3 heterocycles. The van der Waals surface area contributed by atoms with Gasteiger partial charge < -0.3 is 9.55 Å². The Kier molecular flexibility index (Phi) is 4.99. The van der Waals surface area contributed by atoms with Crippen molar-refractivity contribution in [1.29, 1.82) is 0 Å². The quantitative estimate of drug-likeness (QED) is 0.677. The van der Waals surface area contributed by atoms with Crippen LogP contribution >= 0.6 is 0 Å². The molecular formula is C20H18F4N4O. The molecule has 4 rings (SSSR count). The van der Waals surface area contributed by atoms with Gasteiger partial charge >= 0.3 is 6.18 Å². The van der Waals surface area contributed by atoms with E-state index in [0.29, 0.717) is 19.6 Å². The van der Waals surface area contributed by atoms with Crippen molar-refractivity contribution in [2.45, 2.75) is 32.2 Å². The van der Waals surface area contributed by atoms with Crippen LogP contribution in [0.2, 0.25) is 0 Å². The molecule has 0 aliphatic carbocycles. The van der Waals surface area contributed by atoms with Crippen LogP contribution < -0.4 is 5.56 Å². The van der Waals surface area contributed by atoms with Crippen LogP contribution in [0.25, 0.3) is 0 Å². The maximum absolute atomic E-state index is 13.1. The Bertz CT molecular complexity index is 1070. The van der Waals surface area contributed by atoms with Gasteiger partial charge in [0.1, 0.15) is 5.82 Å². The Balaban J connectivity index is 1.50. The minimum Gasteiger partial charge on any atom is -0.346 e. The molecule has 5 nitrogen and oxygen atoms in total. The zero-order valence-electron chi connectivity index (χ0n) is 15.3. The van der Waals surface area contributed by atoms with Crippen molar-refractivity contribution in [3.8, 4) is 0 Å². The number of alkyl halides is 3. The van der Waals surface area contributed by atoms with Crippen LogP contribution in [-0.2, 0) is 32.2 Å². The molecule has 1 N–H and O–H groups in total. The number of nitrogens with zero attached hydrogens (tertiary/aromatic N) is 3. The molecule has 0 saturated carbocycles. The van der Waals surface area contributed by atoms with Crippen molar-refractivity contribution in [3.05, 3.63) is 87.1 Å². The van der Waals surface area contributed by atoms with Crippen LogP contribution in [0.4, 0.5) is 17.6 Å². The lowest BCUT2D eigenvalue weighted by Gasteiger charge is -2.28. The maximum Gasteiger partial charge on any atom is 0.449 e. The highest BCUT2D eigenvalue weighted by molar-refractivity contribution is 5.23. The van der Waals surface area contributed by atoms with Crippen molar-refractivity contribution in [3.63, 3.8) is 0 Å². The van der Waals surface area contributed by atoms with E-state index in [4.69, 9.17) is 0 Å². The Morgan fingerprint density at radius 3 is 2.59 bits per heavy atom. The van der Waals surface area contributed by atoms with Crippen molar-refractivity contribution < 1.29 is 17.6 Å². The van der Waals surface area contributed by atoms with E-state index < -0.39 is 17.6 Å². The maximum atomic E-state index is 13.1. The van der Waals surface area contributed by atoms with Crippen LogP contribution in [0.5, 0.6) is 0 Å². The number of H-pyrrole nitrogens is 1. The average molecular weight is 406 g/mol. The normalized spacial score (nSPS) is 14.8. The van der Waals surface area contributed by atoms with E-state index in [1.165, 1.54) is 12.1 Å². The average Bonchev–Trinajstić information content (AvgIpc) is 3.10. The summed E-state index contributed by atoms with van der Waals surface area (Å²) >= 11 is 0. The molecule has 0 bridgehead atoms. The second-order valence-electron chi connectivity index (χ2n) is 7.05. The third-order valence-corrected chi connectivity index (χ3v) is 4.99. The Hall–Kier alpha value is -2.94. The van der Waals surface area contributed by atoms with Crippen molar-refractivity contribution in [2.24, 2.45) is 0 Å². The highest BCUT2D eigenvalue weighted by atomic mass is 19.4. The molecule has 0 unspecified atom stereocenters. The van der Waals surface area contributed by atoms with Gasteiger partial charge in [-0.2, -0.15) is 13.2 Å². The summed E-state index contributed by atoms with van der Waals surface area (Å²) in [7, 11) is 0. The van der Waals surface area contributed by atoms with Gasteiger partial charge in [0.05, 0.1) is 11.3 Å². The van der Waals surface area contributed by atoms with Crippen LogP contribution in [0.15, 0.2) is 47.4 Å². The second-order valence-corrected chi connectivity index (χ2v) is 7.05. The number of fused-ring (bicyclic) bond motifs is 1. The standard InChI is InChI=1S/C20H18F4N4O/c21-14-5-3-13(4-6-14)10-28-8-1-2-15(28)11-27-9-7-17-16(12-27)18(29)26-19(25-17)20(22,23)24/h1-6,8H,7,9-12H2,(H,25,26,29). The Labute approximate surface area is 163 Å². The fourth-order valence-electron chi connectivity index (χ4n) is 3.51. The minimum atomic E-state index is -4.67. The van der Waals surface area contributed by atoms with E-state index in [1.807, 2.05) is 32.8 Å². The molecular weight excluding hydrogens is 388 g/mol. The summed E-state index contributed by atoms with van der Waals surface area (Å²) in [6, 6.07) is 10.1. The van der Waals surface area contributed by atoms with E-state index in [-0.39, 0.29) is 30.0 Å². The topological polar surface area (TPSA) is 53.9 Å². The molecule has 0 spiro atoms. The van der Waals surface area contributed by atoms with Crippen LogP contribution in [0.3, 0.4) is 0 Å². The van der Waals surface area contributed by atoms with Crippen molar-refractivity contribution >= 4 is 0 Å². The first-order valence-electron chi connectivity index (χ1n) is 9.09. The summed E-state index contributed by atoms with van der Waals surface area (Å²) in [4.78, 5) is 19.6. The van der Waals surface area contributed by atoms with Gasteiger partial charge in [-0.05, 0) is 29.8 Å². The first-order valence-corrected chi connectivity index (χ1v) is 9.09. The first-order chi connectivity index (χ1) is 13.8. The van der Waals surface area contributed by atoms with E-state index >= 15 is 0 Å². The lowest BCUT2D eigenvalue weighted by molar-refractivity contribution is -0.145. The third-order valence-electron chi connectivity index (χ3n) is 4.99. The number of benzene rings is 1. The fraction of sp³-hybridized carbons (Fsp3) is 0.300. The van der Waals surface area contributed by atoms with Crippen molar-refractivity contribution in [2.75, 3.05) is 6.54 Å². The van der Waals surface area contributed by atoms with Gasteiger partial charge in [-0.3, -0.25) is 9.69 Å². The molecule has 0 atom stereocenters. The van der Waals surface area contributed by atoms with Gasteiger partial charge in [-0.1, -0.05) is 12.1 Å². The zero-order valence-corrected chi connectivity index (χ0v) is 15.3. The van der Waals surface area contributed by atoms with E-state index in [0.717, 1.165) is 11.3 Å². The highest BCUT2D eigenvalue weighted by Crippen LogP contribution is 2.26. The number of hydrogen-bond donors (Lipinski definition) is 1. The molecule has 1 aromatic carbocycles. The highest BCUT2D eigenvalue weighted by Gasteiger charge is 2.36. The second kappa shape index (κ2) is 7.47. The SMILES string of the molecule is O=c1[nH]c(C(F)(F)F)nc2c1CN(Cc1cccn1Cc1ccc(F)cc1)CC2.